The zero-order chi connectivity index (χ0) is 18.8. The summed E-state index contributed by atoms with van der Waals surface area (Å²) in [5.41, 5.74) is 2.78. The molecule has 8 heteroatoms. The summed E-state index contributed by atoms with van der Waals surface area (Å²) in [4.78, 5) is 12.3. The highest BCUT2D eigenvalue weighted by atomic mass is 79.9. The lowest BCUT2D eigenvalue weighted by Crippen LogP contribution is -2.37. The predicted molar refractivity (Wildman–Crippen MR) is 106 cm³/mol. The van der Waals surface area contributed by atoms with Crippen LogP contribution in [0.25, 0.3) is 0 Å². The van der Waals surface area contributed by atoms with Crippen molar-refractivity contribution < 1.29 is 13.2 Å². The van der Waals surface area contributed by atoms with E-state index in [2.05, 4.69) is 21.2 Å². The lowest BCUT2D eigenvalue weighted by Gasteiger charge is -2.24. The zero-order valence-corrected chi connectivity index (χ0v) is 17.2. The maximum atomic E-state index is 12.3. The molecule has 0 aliphatic rings. The van der Waals surface area contributed by atoms with Crippen molar-refractivity contribution in [3.63, 3.8) is 0 Å². The molecule has 0 saturated heterocycles. The average molecular weight is 446 g/mol. The minimum Gasteiger partial charge on any atom is -0.324 e. The third-order valence-corrected chi connectivity index (χ3v) is 5.87. The maximum absolute atomic E-state index is 12.3. The number of carbonyl (C=O) groups excluding carboxylic acids is 1. The van der Waals surface area contributed by atoms with Gasteiger partial charge in [-0.2, -0.15) is 0 Å². The highest BCUT2D eigenvalue weighted by Gasteiger charge is 2.22. The standard InChI is InChI=1S/C17H18BrClN2O3S/c1-11-4-7-16(12(2)8-11)21(25(3,23)24)10-17(22)20-13-5-6-14(18)15(19)9-13/h4-9H,10H2,1-3H3,(H,20,22). The van der Waals surface area contributed by atoms with Crippen LogP contribution in [0.4, 0.5) is 11.4 Å². The van der Waals surface area contributed by atoms with E-state index in [1.807, 2.05) is 26.0 Å². The van der Waals surface area contributed by atoms with Crippen molar-refractivity contribution in [1.29, 1.82) is 0 Å². The van der Waals surface area contributed by atoms with Gasteiger partial charge < -0.3 is 5.32 Å². The first kappa shape index (κ1) is 19.8. The smallest absolute Gasteiger partial charge is 0.245 e. The third-order valence-electron chi connectivity index (χ3n) is 3.51. The molecule has 2 rings (SSSR count). The van der Waals surface area contributed by atoms with Crippen LogP contribution in [0.15, 0.2) is 40.9 Å². The molecule has 0 bridgehead atoms. The molecule has 0 aliphatic heterocycles. The Balaban J connectivity index is 2.25. The molecule has 0 saturated carbocycles. The van der Waals surface area contributed by atoms with E-state index in [9.17, 15) is 13.2 Å². The Morgan fingerprint density at radius 3 is 2.44 bits per heavy atom. The molecule has 0 atom stereocenters. The molecule has 2 aromatic carbocycles. The number of aryl methyl sites for hydroxylation is 2. The van der Waals surface area contributed by atoms with Crippen LogP contribution < -0.4 is 9.62 Å². The Morgan fingerprint density at radius 2 is 1.88 bits per heavy atom. The second kappa shape index (κ2) is 7.76. The number of anilines is 2. The SMILES string of the molecule is Cc1ccc(N(CC(=O)Nc2ccc(Br)c(Cl)c2)S(C)(=O)=O)c(C)c1. The number of nitrogens with zero attached hydrogens (tertiary/aromatic N) is 1. The number of nitrogens with one attached hydrogen (secondary N) is 1. The van der Waals surface area contributed by atoms with Crippen LogP contribution in [-0.2, 0) is 14.8 Å². The van der Waals surface area contributed by atoms with E-state index in [1.54, 1.807) is 24.3 Å². The molecule has 0 fully saturated rings. The second-order valence-corrected chi connectivity index (χ2v) is 8.90. The van der Waals surface area contributed by atoms with Gasteiger partial charge in [-0.1, -0.05) is 29.3 Å². The second-order valence-electron chi connectivity index (χ2n) is 5.74. The number of hydrogen-bond donors (Lipinski definition) is 1. The Labute approximate surface area is 161 Å². The molecule has 0 aromatic heterocycles. The first-order valence-corrected chi connectivity index (χ1v) is 10.4. The number of halogens is 2. The zero-order valence-electron chi connectivity index (χ0n) is 14.0. The van der Waals surface area contributed by atoms with Gasteiger partial charge in [0.05, 0.1) is 17.0 Å². The molecule has 0 spiro atoms. The number of sulfonamides is 1. The quantitative estimate of drug-likeness (QED) is 0.752. The summed E-state index contributed by atoms with van der Waals surface area (Å²) in [6.45, 7) is 3.41. The maximum Gasteiger partial charge on any atom is 0.245 e. The molecule has 0 unspecified atom stereocenters. The topological polar surface area (TPSA) is 66.5 Å². The van der Waals surface area contributed by atoms with Gasteiger partial charge in [0.15, 0.2) is 0 Å². The Bertz CT molecular complexity index is 916. The van der Waals surface area contributed by atoms with E-state index in [-0.39, 0.29) is 6.54 Å². The Hall–Kier alpha value is -1.57. The van der Waals surface area contributed by atoms with Crippen LogP contribution in [0.5, 0.6) is 0 Å². The minimum absolute atomic E-state index is 0.323. The molecule has 1 amide bonds. The molecule has 2 aromatic rings. The number of hydrogen-bond acceptors (Lipinski definition) is 3. The molecule has 1 N–H and O–H groups in total. The van der Waals surface area contributed by atoms with E-state index < -0.39 is 15.9 Å². The summed E-state index contributed by atoms with van der Waals surface area (Å²) >= 11 is 9.28. The summed E-state index contributed by atoms with van der Waals surface area (Å²) in [6.07, 6.45) is 1.08. The normalized spacial score (nSPS) is 11.2. The van der Waals surface area contributed by atoms with E-state index >= 15 is 0 Å². The minimum atomic E-state index is -3.62. The van der Waals surface area contributed by atoms with Gasteiger partial charge in [-0.25, -0.2) is 8.42 Å². The molecule has 0 aliphatic carbocycles. The largest absolute Gasteiger partial charge is 0.324 e. The Morgan fingerprint density at radius 1 is 1.20 bits per heavy atom. The molecule has 5 nitrogen and oxygen atoms in total. The number of carbonyl (C=O) groups is 1. The highest BCUT2D eigenvalue weighted by molar-refractivity contribution is 9.10. The summed E-state index contributed by atoms with van der Waals surface area (Å²) < 4.78 is 26.2. The summed E-state index contributed by atoms with van der Waals surface area (Å²) in [5.74, 6) is -0.455. The first-order chi connectivity index (χ1) is 11.6. The van der Waals surface area contributed by atoms with Crippen LogP contribution in [0.2, 0.25) is 5.02 Å². The van der Waals surface area contributed by atoms with Gasteiger partial charge in [0.1, 0.15) is 6.54 Å². The molecule has 0 radical (unpaired) electrons. The predicted octanol–water partition coefficient (Wildman–Crippen LogP) is 4.12. The van der Waals surface area contributed by atoms with Crippen LogP contribution >= 0.6 is 27.5 Å². The van der Waals surface area contributed by atoms with Crippen molar-refractivity contribution in [2.24, 2.45) is 0 Å². The van der Waals surface area contributed by atoms with Crippen molar-refractivity contribution in [1.82, 2.24) is 0 Å². The lowest BCUT2D eigenvalue weighted by atomic mass is 10.1. The van der Waals surface area contributed by atoms with Crippen molar-refractivity contribution in [3.8, 4) is 0 Å². The van der Waals surface area contributed by atoms with Crippen molar-refractivity contribution in [2.45, 2.75) is 13.8 Å². The fraction of sp³-hybridized carbons (Fsp3) is 0.235. The van der Waals surface area contributed by atoms with Gasteiger partial charge in [0.25, 0.3) is 0 Å². The van der Waals surface area contributed by atoms with Gasteiger partial charge in [-0.3, -0.25) is 9.10 Å². The fourth-order valence-electron chi connectivity index (χ4n) is 2.37. The average Bonchev–Trinajstić information content (AvgIpc) is 2.48. The molecule has 0 heterocycles. The first-order valence-electron chi connectivity index (χ1n) is 7.38. The van der Waals surface area contributed by atoms with E-state index in [4.69, 9.17) is 11.6 Å². The molecule has 134 valence electrons. The summed E-state index contributed by atoms with van der Waals surface area (Å²) in [6, 6.07) is 10.4. The lowest BCUT2D eigenvalue weighted by molar-refractivity contribution is -0.114. The van der Waals surface area contributed by atoms with Crippen molar-refractivity contribution in [2.75, 3.05) is 22.4 Å². The van der Waals surface area contributed by atoms with Crippen LogP contribution in [-0.4, -0.2) is 27.1 Å². The molecular weight excluding hydrogens is 428 g/mol. The number of rotatable bonds is 5. The van der Waals surface area contributed by atoms with Crippen LogP contribution in [0, 0.1) is 13.8 Å². The summed E-state index contributed by atoms with van der Waals surface area (Å²) in [5, 5.41) is 3.11. The van der Waals surface area contributed by atoms with Gasteiger partial charge in [-0.15, -0.1) is 0 Å². The monoisotopic (exact) mass is 444 g/mol. The van der Waals surface area contributed by atoms with E-state index in [1.165, 1.54) is 0 Å². The van der Waals surface area contributed by atoms with Crippen LogP contribution in [0.3, 0.4) is 0 Å². The van der Waals surface area contributed by atoms with Gasteiger partial charge in [0, 0.05) is 10.2 Å². The van der Waals surface area contributed by atoms with E-state index in [0.717, 1.165) is 21.7 Å². The van der Waals surface area contributed by atoms with E-state index in [0.29, 0.717) is 20.9 Å². The Kier molecular flexibility index (Phi) is 6.13. The van der Waals surface area contributed by atoms with Gasteiger partial charge >= 0.3 is 0 Å². The highest BCUT2D eigenvalue weighted by Crippen LogP contribution is 2.26. The van der Waals surface area contributed by atoms with Gasteiger partial charge in [0.2, 0.25) is 15.9 Å². The van der Waals surface area contributed by atoms with Crippen molar-refractivity contribution in [3.05, 3.63) is 57.0 Å². The number of benzene rings is 2. The third kappa shape index (κ3) is 5.20. The number of amides is 1. The fourth-order valence-corrected chi connectivity index (χ4v) is 3.71. The molecule has 25 heavy (non-hydrogen) atoms. The van der Waals surface area contributed by atoms with Crippen LogP contribution in [0.1, 0.15) is 11.1 Å². The van der Waals surface area contributed by atoms with Gasteiger partial charge in [-0.05, 0) is 59.6 Å². The van der Waals surface area contributed by atoms with Crippen molar-refractivity contribution >= 4 is 54.8 Å². The molecular formula is C17H18BrClN2O3S. The summed E-state index contributed by atoms with van der Waals surface area (Å²) in [7, 11) is -3.62.